The van der Waals surface area contributed by atoms with Gasteiger partial charge in [-0.2, -0.15) is 0 Å². The Balaban J connectivity index is 1.23. The second-order valence-electron chi connectivity index (χ2n) is 11.6. The van der Waals surface area contributed by atoms with E-state index >= 15 is 0 Å². The normalized spacial score (nSPS) is 20.0. The molecule has 1 spiro atoms. The molecule has 3 aromatic rings. The fourth-order valence-electron chi connectivity index (χ4n) is 6.39. The molecule has 2 aliphatic carbocycles. The van der Waals surface area contributed by atoms with E-state index in [9.17, 15) is 13.2 Å². The van der Waals surface area contributed by atoms with Gasteiger partial charge in [-0.15, -0.1) is 0 Å². The van der Waals surface area contributed by atoms with Gasteiger partial charge in [0.05, 0.1) is 26.9 Å². The minimum atomic E-state index is -4.27. The average molecular weight is 595 g/mol. The number of nitrogens with one attached hydrogen (secondary N) is 1. The molecule has 7 rings (SSSR count). The number of carbonyl (C=O) groups excluding carboxylic acids is 1. The van der Waals surface area contributed by atoms with Crippen molar-refractivity contribution in [1.82, 2.24) is 10.1 Å². The number of aromatic nitrogens is 1. The molecule has 1 N–H and O–H groups in total. The van der Waals surface area contributed by atoms with Crippen molar-refractivity contribution in [2.24, 2.45) is 0 Å². The SMILES string of the molecule is COc1cc(C(=O)N(C)[C@H]2CCOC2)cc(OC)c1S(=O)(=O)Nc1noc2c1CC1(CC1)c1ccc(N3CCC3)cc1-2. The molecule has 0 unspecified atom stereocenters. The predicted molar refractivity (Wildman–Crippen MR) is 155 cm³/mol. The third kappa shape index (κ3) is 4.30. The second-order valence-corrected chi connectivity index (χ2v) is 13.2. The van der Waals surface area contributed by atoms with E-state index in [0.717, 1.165) is 49.2 Å². The zero-order valence-corrected chi connectivity index (χ0v) is 24.8. The van der Waals surface area contributed by atoms with Gasteiger partial charge >= 0.3 is 0 Å². The molecule has 222 valence electrons. The first-order valence-corrected chi connectivity index (χ1v) is 15.7. The largest absolute Gasteiger partial charge is 0.495 e. The van der Waals surface area contributed by atoms with Crippen molar-refractivity contribution in [2.45, 2.75) is 48.5 Å². The van der Waals surface area contributed by atoms with E-state index in [1.165, 1.54) is 38.3 Å². The van der Waals surface area contributed by atoms with Crippen LogP contribution >= 0.6 is 0 Å². The highest BCUT2D eigenvalue weighted by Crippen LogP contribution is 2.59. The van der Waals surface area contributed by atoms with Crippen LogP contribution in [0, 0.1) is 0 Å². The van der Waals surface area contributed by atoms with Crippen LogP contribution in [-0.4, -0.2) is 78.0 Å². The Hall–Kier alpha value is -3.77. The fourth-order valence-corrected chi connectivity index (χ4v) is 7.72. The van der Waals surface area contributed by atoms with Crippen molar-refractivity contribution < 1.29 is 31.9 Å². The number of nitrogens with zero attached hydrogens (tertiary/aromatic N) is 3. The molecule has 4 aliphatic rings. The van der Waals surface area contributed by atoms with Crippen LogP contribution in [0.1, 0.15) is 47.2 Å². The first-order chi connectivity index (χ1) is 20.2. The number of amides is 1. The topological polar surface area (TPSA) is 123 Å². The summed E-state index contributed by atoms with van der Waals surface area (Å²) < 4.78 is 52.7. The summed E-state index contributed by atoms with van der Waals surface area (Å²) in [5.41, 5.74) is 4.32. The maximum Gasteiger partial charge on any atom is 0.270 e. The number of likely N-dealkylation sites (N-methyl/N-ethyl adjacent to an activating group) is 1. The first-order valence-electron chi connectivity index (χ1n) is 14.3. The summed E-state index contributed by atoms with van der Waals surface area (Å²) >= 11 is 0. The van der Waals surface area contributed by atoms with Crippen molar-refractivity contribution in [3.8, 4) is 22.8 Å². The Morgan fingerprint density at radius 3 is 2.48 bits per heavy atom. The lowest BCUT2D eigenvalue weighted by molar-refractivity contribution is 0.0710. The monoisotopic (exact) mass is 594 g/mol. The van der Waals surface area contributed by atoms with Gasteiger partial charge in [0.15, 0.2) is 16.5 Å². The molecule has 3 heterocycles. The van der Waals surface area contributed by atoms with Gasteiger partial charge in [0.2, 0.25) is 0 Å². The molecular formula is C30H34N4O7S. The summed E-state index contributed by atoms with van der Waals surface area (Å²) in [7, 11) is 0.158. The number of carbonyl (C=O) groups is 1. The quantitative estimate of drug-likeness (QED) is 0.415. The molecule has 42 heavy (non-hydrogen) atoms. The van der Waals surface area contributed by atoms with Gasteiger partial charge in [0.25, 0.3) is 15.9 Å². The van der Waals surface area contributed by atoms with Crippen molar-refractivity contribution in [1.29, 1.82) is 0 Å². The van der Waals surface area contributed by atoms with Crippen LogP contribution in [0.5, 0.6) is 11.5 Å². The molecule has 2 saturated heterocycles. The Bertz CT molecular complexity index is 1650. The highest BCUT2D eigenvalue weighted by Gasteiger charge is 2.51. The molecule has 1 atom stereocenters. The Morgan fingerprint density at radius 1 is 1.14 bits per heavy atom. The van der Waals surface area contributed by atoms with E-state index in [1.807, 2.05) is 0 Å². The minimum Gasteiger partial charge on any atom is -0.495 e. The van der Waals surface area contributed by atoms with E-state index in [-0.39, 0.29) is 45.1 Å². The summed E-state index contributed by atoms with van der Waals surface area (Å²) in [5, 5.41) is 4.20. The number of sulfonamides is 1. The van der Waals surface area contributed by atoms with E-state index < -0.39 is 10.0 Å². The third-order valence-corrected chi connectivity index (χ3v) is 10.6. The van der Waals surface area contributed by atoms with Crippen molar-refractivity contribution >= 4 is 27.4 Å². The van der Waals surface area contributed by atoms with Gasteiger partial charge in [-0.25, -0.2) is 8.42 Å². The van der Waals surface area contributed by atoms with Crippen LogP contribution in [0.15, 0.2) is 39.8 Å². The van der Waals surface area contributed by atoms with Crippen LogP contribution in [0.3, 0.4) is 0 Å². The zero-order chi connectivity index (χ0) is 29.2. The van der Waals surface area contributed by atoms with E-state index in [1.54, 1.807) is 11.9 Å². The molecule has 11 nitrogen and oxygen atoms in total. The second kappa shape index (κ2) is 9.91. The number of fused-ring (bicyclic) bond motifs is 4. The summed E-state index contributed by atoms with van der Waals surface area (Å²) in [6.07, 6.45) is 4.60. The molecule has 12 heteroatoms. The van der Waals surface area contributed by atoms with Crippen molar-refractivity contribution in [3.05, 3.63) is 47.0 Å². The molecule has 1 saturated carbocycles. The van der Waals surface area contributed by atoms with Crippen LogP contribution in [-0.2, 0) is 26.6 Å². The van der Waals surface area contributed by atoms with Gasteiger partial charge in [-0.3, -0.25) is 9.52 Å². The number of benzene rings is 2. The predicted octanol–water partition coefficient (Wildman–Crippen LogP) is 3.82. The van der Waals surface area contributed by atoms with E-state index in [0.29, 0.717) is 25.4 Å². The lowest BCUT2D eigenvalue weighted by Gasteiger charge is -2.34. The number of anilines is 2. The number of hydrogen-bond donors (Lipinski definition) is 1. The first kappa shape index (κ1) is 27.1. The summed E-state index contributed by atoms with van der Waals surface area (Å²) in [6, 6.07) is 9.32. The molecule has 0 bridgehead atoms. The van der Waals surface area contributed by atoms with E-state index in [4.69, 9.17) is 18.7 Å². The van der Waals surface area contributed by atoms with Crippen molar-refractivity contribution in [3.63, 3.8) is 0 Å². The summed E-state index contributed by atoms with van der Waals surface area (Å²) in [4.78, 5) is 17.0. The molecule has 3 fully saturated rings. The van der Waals surface area contributed by atoms with Crippen LogP contribution in [0.4, 0.5) is 11.5 Å². The highest BCUT2D eigenvalue weighted by atomic mass is 32.2. The van der Waals surface area contributed by atoms with Gasteiger partial charge in [0, 0.05) is 54.5 Å². The molecular weight excluding hydrogens is 560 g/mol. The maximum atomic E-state index is 13.9. The summed E-state index contributed by atoms with van der Waals surface area (Å²) in [5.74, 6) is 0.446. The van der Waals surface area contributed by atoms with Gasteiger partial charge < -0.3 is 28.5 Å². The van der Waals surface area contributed by atoms with Gasteiger partial charge in [0.1, 0.15) is 11.5 Å². The standard InChI is InChI=1S/C30H34N4O7S/c1-33(20-7-12-40-17-20)29(35)18-13-24(38-2)27(25(14-18)39-3)42(36,37)32-28-22-16-30(8-9-30)23-6-5-19(34-10-4-11-34)15-21(23)26(22)41-31-28/h5-6,13-15,20H,4,7-12,16-17H2,1-3H3,(H,31,32)/t20-/m0/s1. The zero-order valence-electron chi connectivity index (χ0n) is 23.9. The fraction of sp³-hybridized carbons (Fsp3) is 0.467. The van der Waals surface area contributed by atoms with Gasteiger partial charge in [-0.05, 0) is 61.9 Å². The van der Waals surface area contributed by atoms with Crippen LogP contribution in [0.2, 0.25) is 0 Å². The highest BCUT2D eigenvalue weighted by molar-refractivity contribution is 7.93. The molecule has 1 amide bonds. The van der Waals surface area contributed by atoms with Crippen LogP contribution in [0.25, 0.3) is 11.3 Å². The lowest BCUT2D eigenvalue weighted by Crippen LogP contribution is -2.37. The van der Waals surface area contributed by atoms with Gasteiger partial charge in [-0.1, -0.05) is 11.2 Å². The number of ether oxygens (including phenoxy) is 3. The average Bonchev–Trinajstić information content (AvgIpc) is 3.33. The Morgan fingerprint density at radius 2 is 1.88 bits per heavy atom. The minimum absolute atomic E-state index is 0.0122. The summed E-state index contributed by atoms with van der Waals surface area (Å²) in [6.45, 7) is 3.10. The molecule has 2 aromatic carbocycles. The van der Waals surface area contributed by atoms with Crippen molar-refractivity contribution in [2.75, 3.05) is 57.2 Å². The smallest absolute Gasteiger partial charge is 0.270 e. The van der Waals surface area contributed by atoms with E-state index in [2.05, 4.69) is 33.0 Å². The molecule has 1 aromatic heterocycles. The van der Waals surface area contributed by atoms with Crippen LogP contribution < -0.4 is 19.1 Å². The maximum absolute atomic E-state index is 13.9. The molecule has 2 aliphatic heterocycles. The third-order valence-electron chi connectivity index (χ3n) is 9.18. The number of rotatable bonds is 8. The Labute approximate surface area is 244 Å². The lowest BCUT2D eigenvalue weighted by atomic mass is 9.79. The number of hydrogen-bond acceptors (Lipinski definition) is 9. The molecule has 0 radical (unpaired) electrons. The Kier molecular flexibility index (Phi) is 6.39. The number of methoxy groups -OCH3 is 2.